The summed E-state index contributed by atoms with van der Waals surface area (Å²) in [6.45, 7) is -3.08. The van der Waals surface area contributed by atoms with Crippen LogP contribution in [0.1, 0.15) is 0 Å². The molecule has 0 heterocycles. The molecule has 0 aliphatic rings. The molecular weight excluding hydrogens is 774 g/mol. The van der Waals surface area contributed by atoms with Crippen LogP contribution in [-0.2, 0) is 21.1 Å². The first kappa shape index (κ1) is 36.8. The fraction of sp³-hybridized carbons (Fsp3) is 0. The van der Waals surface area contributed by atoms with Crippen LogP contribution in [0.2, 0.25) is 0 Å². The molecule has 0 bridgehead atoms. The van der Waals surface area contributed by atoms with Crippen molar-refractivity contribution in [2.24, 2.45) is 0 Å². The normalized spacial score (nSPS) is 9.95. The summed E-state index contributed by atoms with van der Waals surface area (Å²) < 4.78 is 28.8. The van der Waals surface area contributed by atoms with Gasteiger partial charge in [0.05, 0.1) is 0 Å². The largest absolute Gasteiger partial charge is 0.412 e. The summed E-state index contributed by atoms with van der Waals surface area (Å²) in [5.41, 5.74) is 0. The van der Waals surface area contributed by atoms with Crippen molar-refractivity contribution >= 4 is 47.7 Å². The Morgan fingerprint density at radius 1 is 0.295 bits per heavy atom. The van der Waals surface area contributed by atoms with Gasteiger partial charge in [0.25, 0.3) is 0 Å². The minimum Gasteiger partial charge on any atom is -0.412 e. The zero-order valence-electron chi connectivity index (χ0n) is 23.7. The fourth-order valence-corrected chi connectivity index (χ4v) is 8.97. The summed E-state index contributed by atoms with van der Waals surface area (Å²) in [6, 6.07) is 64.7. The van der Waals surface area contributed by atoms with Gasteiger partial charge in [-0.15, -0.1) is 0 Å². The second kappa shape index (κ2) is 20.6. The Morgan fingerprint density at radius 3 is 0.523 bits per heavy atom. The molecule has 0 unspecified atom stereocenters. The Hall–Kier alpha value is -3.38. The van der Waals surface area contributed by atoms with Crippen molar-refractivity contribution in [1.82, 2.24) is 0 Å². The van der Waals surface area contributed by atoms with Crippen LogP contribution in [0.25, 0.3) is 0 Å². The Kier molecular flexibility index (Phi) is 17.2. The van der Waals surface area contributed by atoms with Crippen molar-refractivity contribution in [3.05, 3.63) is 189 Å². The van der Waals surface area contributed by atoms with E-state index in [4.69, 9.17) is 0 Å². The van der Waals surface area contributed by atoms with Gasteiger partial charge in [-0.2, -0.15) is 0 Å². The first-order chi connectivity index (χ1) is 20.6. The summed E-state index contributed by atoms with van der Waals surface area (Å²) in [7, 11) is -0.892. The number of hydrogen-bond acceptors (Lipinski definition) is 0. The molecule has 0 radical (unpaired) electrons. The number of rotatable bonds is 6. The molecule has 44 heavy (non-hydrogen) atoms. The van der Waals surface area contributed by atoms with Crippen molar-refractivity contribution in [1.29, 1.82) is 0 Å². The third kappa shape index (κ3) is 11.6. The molecule has 0 saturated heterocycles. The van der Waals surface area contributed by atoms with E-state index in [-0.39, 0.29) is 26.5 Å². The number of benzene rings is 6. The van der Waals surface area contributed by atoms with E-state index in [1.165, 1.54) is 31.8 Å². The zero-order valence-corrected chi connectivity index (χ0v) is 27.7. The third-order valence-corrected chi connectivity index (χ3v) is 11.0. The summed E-state index contributed by atoms with van der Waals surface area (Å²) in [5.74, 6) is 0. The van der Waals surface area contributed by atoms with Gasteiger partial charge in [-0.25, -0.2) is 0 Å². The maximum absolute atomic E-state index is 9.58. The van der Waals surface area contributed by atoms with Crippen molar-refractivity contribution in [3.8, 4) is 0 Å². The molecule has 0 aliphatic heterocycles. The molecule has 0 saturated carbocycles. The van der Waals surface area contributed by atoms with Crippen molar-refractivity contribution < 1.29 is 39.7 Å². The second-order valence-electron chi connectivity index (χ2n) is 8.90. The first-order valence-electron chi connectivity index (χ1n) is 13.4. The van der Waals surface area contributed by atoms with E-state index in [9.17, 15) is 13.2 Å². The third-order valence-electron chi connectivity index (χ3n) is 6.09. The number of hydrogen-bond donors (Lipinski definition) is 0. The van der Waals surface area contributed by atoms with Gasteiger partial charge in [0.1, 0.15) is 0 Å². The standard InChI is InChI=1S/2C18H15P.CF3.H2O.Pt/c2*1-4-10-16(11-5-1)19(17-12-6-2-7-13-17)18-14-8-3-9-15-18;2-1(3)4;;/h2*1-15H;;1H2;/q;;-1;;. The molecule has 0 aromatic heterocycles. The summed E-state index contributed by atoms with van der Waals surface area (Å²) in [6.07, 6.45) is 0. The topological polar surface area (TPSA) is 31.5 Å². The first-order valence-corrected chi connectivity index (χ1v) is 16.1. The molecule has 0 aliphatic carbocycles. The second-order valence-corrected chi connectivity index (χ2v) is 13.3. The van der Waals surface area contributed by atoms with E-state index < -0.39 is 22.5 Å². The Morgan fingerprint density at radius 2 is 0.409 bits per heavy atom. The van der Waals surface area contributed by atoms with Crippen LogP contribution in [0.15, 0.2) is 182 Å². The van der Waals surface area contributed by atoms with Crippen LogP contribution in [0.5, 0.6) is 0 Å². The van der Waals surface area contributed by atoms with Gasteiger partial charge in [-0.3, -0.25) is 0 Å². The summed E-state index contributed by atoms with van der Waals surface area (Å²) in [5, 5.41) is 8.39. The van der Waals surface area contributed by atoms with Crippen LogP contribution in [0.4, 0.5) is 13.2 Å². The van der Waals surface area contributed by atoms with E-state index in [0.29, 0.717) is 0 Å². The zero-order chi connectivity index (χ0) is 29.4. The number of halogens is 3. The molecule has 2 N–H and O–H groups in total. The maximum atomic E-state index is 9.58. The van der Waals surface area contributed by atoms with Crippen LogP contribution < -0.4 is 31.8 Å². The quantitative estimate of drug-likeness (QED) is 0.124. The van der Waals surface area contributed by atoms with Crippen molar-refractivity contribution in [2.75, 3.05) is 0 Å². The van der Waals surface area contributed by atoms with Gasteiger partial charge in [0.2, 0.25) is 0 Å². The van der Waals surface area contributed by atoms with Crippen LogP contribution >= 0.6 is 15.8 Å². The molecule has 0 fully saturated rings. The molecule has 0 atom stereocenters. The van der Waals surface area contributed by atoms with Gasteiger partial charge in [0, 0.05) is 21.1 Å². The predicted molar refractivity (Wildman–Crippen MR) is 180 cm³/mol. The minimum atomic E-state index is -3.08. The van der Waals surface area contributed by atoms with E-state index >= 15 is 0 Å². The van der Waals surface area contributed by atoms with E-state index in [1.807, 2.05) is 0 Å². The van der Waals surface area contributed by atoms with Gasteiger partial charge in [-0.05, 0) is 47.7 Å². The average molecular weight is 807 g/mol. The molecule has 6 rings (SSSR count). The smallest absolute Gasteiger partial charge is 0.154 e. The van der Waals surface area contributed by atoms with Gasteiger partial charge in [0.15, 0.2) is 6.68 Å². The van der Waals surface area contributed by atoms with Crippen molar-refractivity contribution in [2.45, 2.75) is 0 Å². The molecule has 7 heteroatoms. The van der Waals surface area contributed by atoms with Gasteiger partial charge >= 0.3 is 0 Å². The molecule has 6 aromatic rings. The van der Waals surface area contributed by atoms with E-state index in [0.717, 1.165) is 0 Å². The van der Waals surface area contributed by atoms with Crippen LogP contribution in [0.3, 0.4) is 0 Å². The Labute approximate surface area is 274 Å². The molecule has 0 amide bonds. The minimum absolute atomic E-state index is 0. The molecular formula is C37H32F3OP2Pt-. The molecule has 228 valence electrons. The summed E-state index contributed by atoms with van der Waals surface area (Å²) in [4.78, 5) is 0. The predicted octanol–water partition coefficient (Wildman–Crippen LogP) is 7.40. The Balaban J connectivity index is 0.000000263. The monoisotopic (exact) mass is 806 g/mol. The van der Waals surface area contributed by atoms with Gasteiger partial charge < -0.3 is 18.6 Å². The van der Waals surface area contributed by atoms with Crippen LogP contribution in [0, 0.1) is 6.68 Å². The average Bonchev–Trinajstić information content (AvgIpc) is 3.05. The SMILES string of the molecule is F[C-](F)F.O.[Pt].c1ccc(P(c2ccccc2)c2ccccc2)cc1.c1ccc(P(c2ccccc2)c2ccccc2)cc1. The Bertz CT molecular complexity index is 1240. The molecule has 6 aromatic carbocycles. The van der Waals surface area contributed by atoms with Gasteiger partial charge in [-0.1, -0.05) is 182 Å². The van der Waals surface area contributed by atoms with Crippen molar-refractivity contribution in [3.63, 3.8) is 0 Å². The maximum Gasteiger partial charge on any atom is 0.154 e. The van der Waals surface area contributed by atoms with E-state index in [2.05, 4.69) is 182 Å². The summed E-state index contributed by atoms with van der Waals surface area (Å²) >= 11 is 0. The molecule has 0 spiro atoms. The van der Waals surface area contributed by atoms with E-state index in [1.54, 1.807) is 0 Å². The van der Waals surface area contributed by atoms with Crippen LogP contribution in [-0.4, -0.2) is 5.48 Å². The molecule has 1 nitrogen and oxygen atoms in total. The fourth-order valence-electron chi connectivity index (χ4n) is 4.36.